The van der Waals surface area contributed by atoms with Crippen molar-refractivity contribution >= 4 is 23.7 Å². The van der Waals surface area contributed by atoms with E-state index in [-0.39, 0.29) is 53.0 Å². The van der Waals surface area contributed by atoms with Crippen LogP contribution < -0.4 is 0 Å². The van der Waals surface area contributed by atoms with E-state index in [1.807, 2.05) is 13.0 Å². The Hall–Kier alpha value is -2.18. The molecule has 4 aliphatic rings. The van der Waals surface area contributed by atoms with Gasteiger partial charge < -0.3 is 14.2 Å². The summed E-state index contributed by atoms with van der Waals surface area (Å²) >= 11 is 0. The highest BCUT2D eigenvalue weighted by Crippen LogP contribution is 2.65. The molecule has 0 aliphatic heterocycles. The highest BCUT2D eigenvalue weighted by molar-refractivity contribution is 5.87. The molecule has 3 unspecified atom stereocenters. The number of carbonyl (C=O) groups excluding carboxylic acids is 4. The van der Waals surface area contributed by atoms with Crippen LogP contribution >= 0.6 is 0 Å². The van der Waals surface area contributed by atoms with Gasteiger partial charge in [0.05, 0.1) is 0 Å². The minimum atomic E-state index is -0.587. The third-order valence-corrected chi connectivity index (χ3v) is 8.64. The Morgan fingerprint density at radius 3 is 2.22 bits per heavy atom. The minimum absolute atomic E-state index is 0.0666. The van der Waals surface area contributed by atoms with Crippen LogP contribution in [0.1, 0.15) is 73.1 Å². The fourth-order valence-corrected chi connectivity index (χ4v) is 7.41. The third-order valence-electron chi connectivity index (χ3n) is 8.64. The number of ether oxygens (including phenoxy) is 3. The van der Waals surface area contributed by atoms with E-state index in [0.29, 0.717) is 19.3 Å². The van der Waals surface area contributed by atoms with Gasteiger partial charge in [0.2, 0.25) is 0 Å². The molecule has 0 aromatic rings. The second-order valence-corrected chi connectivity index (χ2v) is 10.6. The summed E-state index contributed by atoms with van der Waals surface area (Å²) in [5, 5.41) is 0. The quantitative estimate of drug-likeness (QED) is 0.372. The number of Topliss-reactive ketones (excluding diaryl/α,β-unsaturated/α-hetero) is 1. The van der Waals surface area contributed by atoms with Gasteiger partial charge in [-0.25, -0.2) is 0 Å². The second-order valence-electron chi connectivity index (χ2n) is 10.6. The first-order valence-electron chi connectivity index (χ1n) is 11.7. The maximum atomic E-state index is 13.0. The zero-order valence-electron chi connectivity index (χ0n) is 19.6. The Morgan fingerprint density at radius 2 is 1.59 bits per heavy atom. The van der Waals surface area contributed by atoms with E-state index < -0.39 is 17.6 Å². The molecule has 0 aromatic heterocycles. The molecule has 7 nitrogen and oxygen atoms in total. The Balaban J connectivity index is 1.81. The lowest BCUT2D eigenvalue weighted by Crippen LogP contribution is -2.61. The number of carbonyl (C=O) groups is 4. The maximum absolute atomic E-state index is 13.0. The Bertz CT molecular complexity index is 876. The van der Waals surface area contributed by atoms with E-state index in [4.69, 9.17) is 14.2 Å². The molecular formula is C25H34O7. The lowest BCUT2D eigenvalue weighted by Gasteiger charge is -2.60. The van der Waals surface area contributed by atoms with Crippen LogP contribution in [-0.4, -0.2) is 42.0 Å². The first-order chi connectivity index (χ1) is 15.0. The largest absolute Gasteiger partial charge is 0.462 e. The van der Waals surface area contributed by atoms with Crippen LogP contribution in [0.5, 0.6) is 0 Å². The van der Waals surface area contributed by atoms with E-state index in [2.05, 4.69) is 6.92 Å². The molecule has 0 spiro atoms. The molecule has 0 heterocycles. The Labute approximate surface area is 189 Å². The van der Waals surface area contributed by atoms with Crippen molar-refractivity contribution in [1.82, 2.24) is 0 Å². The van der Waals surface area contributed by atoms with Gasteiger partial charge >= 0.3 is 17.9 Å². The van der Waals surface area contributed by atoms with Crippen LogP contribution in [0.25, 0.3) is 0 Å². The Kier molecular flexibility index (Phi) is 5.74. The molecule has 8 atom stereocenters. The van der Waals surface area contributed by atoms with Gasteiger partial charge in [-0.3, -0.25) is 19.2 Å². The molecule has 4 aliphatic carbocycles. The average Bonchev–Trinajstić information content (AvgIpc) is 2.95. The summed E-state index contributed by atoms with van der Waals surface area (Å²) in [7, 11) is 0. The summed E-state index contributed by atoms with van der Waals surface area (Å²) < 4.78 is 17.2. The van der Waals surface area contributed by atoms with Gasteiger partial charge in [0.1, 0.15) is 24.1 Å². The molecule has 0 radical (unpaired) electrons. The van der Waals surface area contributed by atoms with Crippen molar-refractivity contribution < 1.29 is 33.4 Å². The van der Waals surface area contributed by atoms with Gasteiger partial charge in [0, 0.05) is 50.9 Å². The number of fused-ring (bicyclic) bond motifs is 5. The topological polar surface area (TPSA) is 96.0 Å². The molecule has 0 bridgehead atoms. The molecule has 0 saturated heterocycles. The minimum Gasteiger partial charge on any atom is -0.462 e. The molecule has 0 aromatic carbocycles. The molecule has 0 N–H and O–H groups in total. The molecule has 4 rings (SSSR count). The summed E-state index contributed by atoms with van der Waals surface area (Å²) in [5.41, 5.74) is 0.217. The first kappa shape index (κ1) is 23.0. The highest BCUT2D eigenvalue weighted by Gasteiger charge is 2.65. The number of rotatable bonds is 3. The van der Waals surface area contributed by atoms with E-state index in [1.54, 1.807) is 0 Å². The second kappa shape index (κ2) is 7.99. The van der Waals surface area contributed by atoms with E-state index >= 15 is 0 Å². The number of hydrogen-bond acceptors (Lipinski definition) is 7. The van der Waals surface area contributed by atoms with Crippen molar-refractivity contribution in [3.8, 4) is 0 Å². The predicted molar refractivity (Wildman–Crippen MR) is 114 cm³/mol. The van der Waals surface area contributed by atoms with Crippen molar-refractivity contribution in [2.24, 2.45) is 28.6 Å². The monoisotopic (exact) mass is 446 g/mol. The van der Waals surface area contributed by atoms with Crippen molar-refractivity contribution in [2.45, 2.75) is 91.5 Å². The molecule has 3 fully saturated rings. The first-order valence-corrected chi connectivity index (χ1v) is 11.7. The number of esters is 3. The van der Waals surface area contributed by atoms with Gasteiger partial charge in [0.15, 0.2) is 0 Å². The summed E-state index contributed by atoms with van der Waals surface area (Å²) in [6.07, 6.45) is 4.74. The van der Waals surface area contributed by atoms with E-state index in [1.165, 1.54) is 20.8 Å². The van der Waals surface area contributed by atoms with Crippen LogP contribution in [0.4, 0.5) is 0 Å². The third kappa shape index (κ3) is 3.67. The summed E-state index contributed by atoms with van der Waals surface area (Å²) in [5.74, 6) is -0.943. The molecule has 7 heteroatoms. The molecule has 3 saturated carbocycles. The van der Waals surface area contributed by atoms with Crippen LogP contribution in [-0.2, 0) is 33.4 Å². The van der Waals surface area contributed by atoms with Crippen LogP contribution in [0.3, 0.4) is 0 Å². The van der Waals surface area contributed by atoms with Crippen LogP contribution in [0, 0.1) is 28.6 Å². The highest BCUT2D eigenvalue weighted by atomic mass is 16.6. The summed E-state index contributed by atoms with van der Waals surface area (Å²) in [4.78, 5) is 48.7. The smallest absolute Gasteiger partial charge is 0.303 e. The van der Waals surface area contributed by atoms with Gasteiger partial charge in [-0.15, -0.1) is 0 Å². The molecule has 32 heavy (non-hydrogen) atoms. The van der Waals surface area contributed by atoms with Crippen molar-refractivity contribution in [1.29, 1.82) is 0 Å². The van der Waals surface area contributed by atoms with E-state index in [9.17, 15) is 19.2 Å². The normalized spacial score (nSPS) is 42.7. The molecular weight excluding hydrogens is 412 g/mol. The van der Waals surface area contributed by atoms with Gasteiger partial charge in [-0.05, 0) is 43.1 Å². The number of ketones is 1. The predicted octanol–water partition coefficient (Wildman–Crippen LogP) is 3.53. The van der Waals surface area contributed by atoms with Crippen LogP contribution in [0.2, 0.25) is 0 Å². The fourth-order valence-electron chi connectivity index (χ4n) is 7.41. The molecule has 176 valence electrons. The summed E-state index contributed by atoms with van der Waals surface area (Å²) in [6.45, 7) is 8.40. The Morgan fingerprint density at radius 1 is 0.938 bits per heavy atom. The van der Waals surface area contributed by atoms with Crippen molar-refractivity contribution in [3.05, 3.63) is 11.6 Å². The van der Waals surface area contributed by atoms with Crippen molar-refractivity contribution in [3.63, 3.8) is 0 Å². The van der Waals surface area contributed by atoms with Gasteiger partial charge in [-0.2, -0.15) is 0 Å². The fraction of sp³-hybridized carbons (Fsp3) is 0.760. The zero-order valence-corrected chi connectivity index (χ0v) is 19.6. The van der Waals surface area contributed by atoms with Crippen LogP contribution in [0.15, 0.2) is 11.6 Å². The molecule has 0 amide bonds. The summed E-state index contributed by atoms with van der Waals surface area (Å²) in [6, 6.07) is 0. The number of hydrogen-bond donors (Lipinski definition) is 0. The lowest BCUT2D eigenvalue weighted by molar-refractivity contribution is -0.189. The maximum Gasteiger partial charge on any atom is 0.303 e. The van der Waals surface area contributed by atoms with Gasteiger partial charge in [-0.1, -0.05) is 19.4 Å². The van der Waals surface area contributed by atoms with E-state index in [0.717, 1.165) is 24.8 Å². The lowest BCUT2D eigenvalue weighted by atomic mass is 9.46. The standard InChI is InChI=1S/C25H34O7/c1-13(26)30-17-8-9-24(4)16(10-17)11-19(31-14(2)27)22-18-6-7-21(29)25(18,5)12-20(23(22)24)32-15(3)28/h11,17-20,22-23H,6-10,12H2,1-5H3/t17-,18?,19-,20+,22?,23?,24-,25-/m0/s1. The average molecular weight is 447 g/mol. The van der Waals surface area contributed by atoms with Crippen molar-refractivity contribution in [2.75, 3.05) is 0 Å². The van der Waals surface area contributed by atoms with Gasteiger partial charge in [0.25, 0.3) is 0 Å². The SMILES string of the molecule is CC(=O)O[C@H]1CC[C@@]2(C)C(=C[C@H](OC(C)=O)C3C2[C@H](OC(C)=O)C[C@]2(C)C(=O)CCC32)C1. The zero-order chi connectivity index (χ0) is 23.4.